The Balaban J connectivity index is 3.00. The van der Waals surface area contributed by atoms with Crippen LogP contribution in [0.15, 0.2) is 0 Å². The minimum Gasteiger partial charge on any atom is -0.365 e. The van der Waals surface area contributed by atoms with E-state index >= 15 is 0 Å². The summed E-state index contributed by atoms with van der Waals surface area (Å²) in [7, 11) is 0.0911. The molecule has 4 heteroatoms. The van der Waals surface area contributed by atoms with E-state index in [9.17, 15) is 4.79 Å². The molecule has 0 fully saturated rings. The molecule has 40 valence electrons. The zero-order valence-electron chi connectivity index (χ0n) is 4.40. The van der Waals surface area contributed by atoms with Crippen LogP contribution in [0.1, 0.15) is 6.92 Å². The monoisotopic (exact) mass is 100 g/mol. The van der Waals surface area contributed by atoms with E-state index in [0.717, 1.165) is 0 Å². The zero-order valence-corrected chi connectivity index (χ0v) is 4.40. The summed E-state index contributed by atoms with van der Waals surface area (Å²) < 4.78 is 0. The van der Waals surface area contributed by atoms with Crippen LogP contribution in [0, 0.1) is 0 Å². The predicted octanol–water partition coefficient (Wildman–Crippen LogP) is -0.974. The van der Waals surface area contributed by atoms with Crippen molar-refractivity contribution in [2.75, 3.05) is 6.54 Å². The molecule has 0 saturated heterocycles. The second-order valence-electron chi connectivity index (χ2n) is 1.16. The highest BCUT2D eigenvalue weighted by atomic mass is 16.1. The Hall–Kier alpha value is -0.505. The van der Waals surface area contributed by atoms with E-state index < -0.39 is 0 Å². The second kappa shape index (κ2) is 3.68. The van der Waals surface area contributed by atoms with Gasteiger partial charge in [0.15, 0.2) is 5.81 Å². The van der Waals surface area contributed by atoms with Crippen LogP contribution < -0.4 is 11.0 Å². The first-order valence-corrected chi connectivity index (χ1v) is 2.28. The Morgan fingerprint density at radius 1 is 2.00 bits per heavy atom. The lowest BCUT2D eigenvalue weighted by Crippen LogP contribution is -2.31. The van der Waals surface area contributed by atoms with Crippen molar-refractivity contribution in [1.82, 2.24) is 5.32 Å². The summed E-state index contributed by atoms with van der Waals surface area (Å²) in [5.74, 6) is -0.0949. The molecular formula is C3H9BN2O. The van der Waals surface area contributed by atoms with E-state index in [1.54, 1.807) is 0 Å². The Bertz CT molecular complexity index is 66.0. The maximum atomic E-state index is 10.2. The zero-order chi connectivity index (χ0) is 5.70. The van der Waals surface area contributed by atoms with E-state index in [1.807, 2.05) is 6.92 Å². The number of carbonyl (C=O) groups excluding carboxylic acids is 1. The van der Waals surface area contributed by atoms with Gasteiger partial charge in [0.2, 0.25) is 0 Å². The van der Waals surface area contributed by atoms with Gasteiger partial charge in [-0.1, -0.05) is 0 Å². The third-order valence-electron chi connectivity index (χ3n) is 0.559. The smallest absolute Gasteiger partial charge is 0.308 e. The van der Waals surface area contributed by atoms with Gasteiger partial charge in [0.25, 0.3) is 0 Å². The normalized spacial score (nSPS) is 7.71. The van der Waals surface area contributed by atoms with Crippen LogP contribution in [-0.2, 0) is 0 Å². The van der Waals surface area contributed by atoms with Gasteiger partial charge in [-0.25, -0.2) is 0 Å². The molecule has 0 aromatic heterocycles. The fourth-order valence-corrected chi connectivity index (χ4v) is 0.269. The molecule has 0 bridgehead atoms. The topological polar surface area (TPSA) is 55.1 Å². The summed E-state index contributed by atoms with van der Waals surface area (Å²) >= 11 is 0. The van der Waals surface area contributed by atoms with Crippen LogP contribution in [0.25, 0.3) is 0 Å². The minimum atomic E-state index is -0.0949. The molecule has 3 nitrogen and oxygen atoms in total. The Labute approximate surface area is 43.5 Å². The van der Waals surface area contributed by atoms with E-state index in [1.165, 1.54) is 0 Å². The number of nitrogens with two attached hydrogens (primary N) is 1. The molecule has 0 aromatic rings. The standard InChI is InChI=1S/C3H9BN2O/c1-2-6-3(7)4-5/h4H,2,5H2,1H3,(H,6,7). The third kappa shape index (κ3) is 3.32. The molecule has 0 aliphatic heterocycles. The van der Waals surface area contributed by atoms with Gasteiger partial charge in [-0.15, -0.1) is 0 Å². The lowest BCUT2D eigenvalue weighted by atomic mass is 9.97. The SMILES string of the molecule is CCNC(=O)BN. The van der Waals surface area contributed by atoms with Gasteiger partial charge < -0.3 is 11.0 Å². The van der Waals surface area contributed by atoms with Crippen molar-refractivity contribution < 1.29 is 4.79 Å². The van der Waals surface area contributed by atoms with Gasteiger partial charge in [-0.05, 0) is 6.92 Å². The first-order chi connectivity index (χ1) is 3.31. The van der Waals surface area contributed by atoms with E-state index in [4.69, 9.17) is 5.64 Å². The lowest BCUT2D eigenvalue weighted by molar-refractivity contribution is 0.259. The van der Waals surface area contributed by atoms with Crippen LogP contribution in [0.4, 0.5) is 4.79 Å². The largest absolute Gasteiger partial charge is 0.365 e. The summed E-state index contributed by atoms with van der Waals surface area (Å²) in [5.41, 5.74) is 4.95. The molecule has 0 unspecified atom stereocenters. The molecule has 0 radical (unpaired) electrons. The summed E-state index contributed by atoms with van der Waals surface area (Å²) in [6, 6.07) is 0. The molecule has 0 aliphatic carbocycles. The molecule has 0 atom stereocenters. The fourth-order valence-electron chi connectivity index (χ4n) is 0.269. The van der Waals surface area contributed by atoms with Gasteiger partial charge in [-0.2, -0.15) is 0 Å². The minimum absolute atomic E-state index is 0.0911. The van der Waals surface area contributed by atoms with Gasteiger partial charge in [0.1, 0.15) is 0 Å². The first-order valence-electron chi connectivity index (χ1n) is 2.28. The molecule has 0 rings (SSSR count). The number of hydrogen-bond acceptors (Lipinski definition) is 2. The molecule has 0 saturated carbocycles. The highest BCUT2D eigenvalue weighted by molar-refractivity contribution is 6.70. The molecule has 0 aromatic carbocycles. The Morgan fingerprint density at radius 2 is 2.57 bits per heavy atom. The van der Waals surface area contributed by atoms with Crippen molar-refractivity contribution in [2.45, 2.75) is 6.92 Å². The quantitative estimate of drug-likeness (QED) is 0.438. The lowest BCUT2D eigenvalue weighted by Gasteiger charge is -1.92. The van der Waals surface area contributed by atoms with Crippen molar-refractivity contribution in [3.05, 3.63) is 0 Å². The Morgan fingerprint density at radius 3 is 2.71 bits per heavy atom. The van der Waals surface area contributed by atoms with E-state index in [-0.39, 0.29) is 13.2 Å². The maximum absolute atomic E-state index is 10.2. The van der Waals surface area contributed by atoms with Crippen molar-refractivity contribution in [1.29, 1.82) is 0 Å². The van der Waals surface area contributed by atoms with Gasteiger partial charge in [0, 0.05) is 6.54 Å². The summed E-state index contributed by atoms with van der Waals surface area (Å²) in [6.45, 7) is 2.52. The third-order valence-corrected chi connectivity index (χ3v) is 0.559. The number of carbonyl (C=O) groups is 1. The highest BCUT2D eigenvalue weighted by Gasteiger charge is 1.92. The van der Waals surface area contributed by atoms with Gasteiger partial charge in [0.05, 0.1) is 0 Å². The molecule has 0 aliphatic rings. The molecule has 1 amide bonds. The predicted molar refractivity (Wildman–Crippen MR) is 30.4 cm³/mol. The van der Waals surface area contributed by atoms with Crippen LogP contribution in [0.3, 0.4) is 0 Å². The Kier molecular flexibility index (Phi) is 3.41. The van der Waals surface area contributed by atoms with Gasteiger partial charge in [-0.3, -0.25) is 4.79 Å². The fraction of sp³-hybridized carbons (Fsp3) is 0.667. The number of amides is 1. The first kappa shape index (κ1) is 6.49. The highest BCUT2D eigenvalue weighted by Crippen LogP contribution is 1.57. The van der Waals surface area contributed by atoms with Crippen LogP contribution in [0.5, 0.6) is 0 Å². The maximum Gasteiger partial charge on any atom is 0.308 e. The summed E-state index contributed by atoms with van der Waals surface area (Å²) in [5, 5.41) is 2.53. The van der Waals surface area contributed by atoms with Crippen molar-refractivity contribution in [3.8, 4) is 0 Å². The second-order valence-corrected chi connectivity index (χ2v) is 1.16. The van der Waals surface area contributed by atoms with Crippen LogP contribution in [-0.4, -0.2) is 19.8 Å². The number of hydrogen-bond donors (Lipinski definition) is 2. The van der Waals surface area contributed by atoms with Crippen molar-refractivity contribution in [3.63, 3.8) is 0 Å². The molecule has 0 spiro atoms. The molecule has 3 N–H and O–H groups in total. The summed E-state index contributed by atoms with van der Waals surface area (Å²) in [4.78, 5) is 10.2. The number of rotatable bonds is 2. The van der Waals surface area contributed by atoms with Gasteiger partial charge >= 0.3 is 7.41 Å². The van der Waals surface area contributed by atoms with E-state index in [0.29, 0.717) is 6.54 Å². The van der Waals surface area contributed by atoms with Crippen molar-refractivity contribution >= 4 is 13.2 Å². The molecular weight excluding hydrogens is 90.9 g/mol. The van der Waals surface area contributed by atoms with Crippen molar-refractivity contribution in [2.24, 2.45) is 5.64 Å². The van der Waals surface area contributed by atoms with Crippen LogP contribution in [0.2, 0.25) is 0 Å². The average molecular weight is 99.9 g/mol. The molecule has 0 heterocycles. The van der Waals surface area contributed by atoms with E-state index in [2.05, 4.69) is 5.32 Å². The van der Waals surface area contributed by atoms with Crippen LogP contribution >= 0.6 is 0 Å². The average Bonchev–Trinajstić information content (AvgIpc) is 1.68. The molecule has 7 heavy (non-hydrogen) atoms. The number of nitrogens with one attached hydrogen (secondary N) is 1. The summed E-state index contributed by atoms with van der Waals surface area (Å²) in [6.07, 6.45) is 0.